The van der Waals surface area contributed by atoms with Crippen LogP contribution in [0.2, 0.25) is 0 Å². The molecule has 0 saturated carbocycles. The highest BCUT2D eigenvalue weighted by Crippen LogP contribution is 2.28. The first-order chi connectivity index (χ1) is 6.35. The van der Waals surface area contributed by atoms with Crippen LogP contribution in [-0.4, -0.2) is 32.4 Å². The van der Waals surface area contributed by atoms with E-state index in [1.807, 2.05) is 6.08 Å². The second-order valence-corrected chi connectivity index (χ2v) is 3.88. The van der Waals surface area contributed by atoms with Gasteiger partial charge in [0.1, 0.15) is 24.2 Å². The van der Waals surface area contributed by atoms with E-state index in [9.17, 15) is 0 Å². The predicted molar refractivity (Wildman–Crippen MR) is 52.5 cm³/mol. The largest absolute Gasteiger partial charge is 0.469 e. The Labute approximate surface area is 81.7 Å². The van der Waals surface area contributed by atoms with Gasteiger partial charge in [-0.15, -0.1) is 0 Å². The fourth-order valence-electron chi connectivity index (χ4n) is 1.50. The van der Waals surface area contributed by atoms with Crippen LogP contribution in [0.1, 0.15) is 0 Å². The third-order valence-electron chi connectivity index (χ3n) is 2.21. The van der Waals surface area contributed by atoms with E-state index < -0.39 is 0 Å². The van der Waals surface area contributed by atoms with Gasteiger partial charge in [0.15, 0.2) is 11.7 Å². The second kappa shape index (κ2) is 3.74. The third-order valence-corrected chi connectivity index (χ3v) is 3.00. The van der Waals surface area contributed by atoms with Crippen LogP contribution in [0, 0.1) is 0 Å². The molecule has 3 nitrogen and oxygen atoms in total. The zero-order chi connectivity index (χ0) is 9.26. The fraction of sp³-hybridized carbons (Fsp3) is 0.556. The molecule has 0 N–H and O–H groups in total. The minimum atomic E-state index is -0.0319. The van der Waals surface area contributed by atoms with Gasteiger partial charge >= 0.3 is 0 Å². The topological polar surface area (TPSA) is 27.7 Å². The highest BCUT2D eigenvalue weighted by atomic mass is 32.2. The molecule has 0 amide bonds. The Morgan fingerprint density at radius 2 is 2.46 bits per heavy atom. The molecule has 1 heterocycles. The lowest BCUT2D eigenvalue weighted by molar-refractivity contribution is -0.00911. The molecule has 1 aliphatic carbocycles. The van der Waals surface area contributed by atoms with Gasteiger partial charge in [-0.3, -0.25) is 0 Å². The Morgan fingerprint density at radius 1 is 1.62 bits per heavy atom. The van der Waals surface area contributed by atoms with Crippen molar-refractivity contribution in [2.24, 2.45) is 0 Å². The van der Waals surface area contributed by atoms with Gasteiger partial charge in [-0.1, -0.05) is 0 Å². The van der Waals surface area contributed by atoms with Crippen molar-refractivity contribution >= 4 is 11.8 Å². The number of ether oxygens (including phenoxy) is 3. The zero-order valence-corrected chi connectivity index (χ0v) is 8.58. The SMILES string of the molecule is COC1C=C([SH+]C)C=C2OCOC21. The van der Waals surface area contributed by atoms with Gasteiger partial charge < -0.3 is 14.2 Å². The Morgan fingerprint density at radius 3 is 3.15 bits per heavy atom. The van der Waals surface area contributed by atoms with Gasteiger partial charge in [0.05, 0.1) is 0 Å². The van der Waals surface area contributed by atoms with Crippen LogP contribution in [-0.2, 0) is 26.0 Å². The average molecular weight is 201 g/mol. The van der Waals surface area contributed by atoms with Crippen molar-refractivity contribution < 1.29 is 14.2 Å². The summed E-state index contributed by atoms with van der Waals surface area (Å²) >= 11 is 1.23. The molecular weight excluding hydrogens is 188 g/mol. The third kappa shape index (κ3) is 1.61. The molecule has 0 bridgehead atoms. The molecule has 72 valence electrons. The molecule has 0 radical (unpaired) electrons. The number of hydrogen-bond donors (Lipinski definition) is 0. The summed E-state index contributed by atoms with van der Waals surface area (Å²) in [7, 11) is 1.69. The van der Waals surface area contributed by atoms with E-state index in [4.69, 9.17) is 14.2 Å². The monoisotopic (exact) mass is 201 g/mol. The van der Waals surface area contributed by atoms with Gasteiger partial charge in [0.2, 0.25) is 0 Å². The quantitative estimate of drug-likeness (QED) is 0.484. The summed E-state index contributed by atoms with van der Waals surface area (Å²) in [4.78, 5) is 1.23. The number of fused-ring (bicyclic) bond motifs is 1. The van der Waals surface area contributed by atoms with Crippen molar-refractivity contribution in [3.63, 3.8) is 0 Å². The minimum Gasteiger partial charge on any atom is -0.469 e. The summed E-state index contributed by atoms with van der Waals surface area (Å²) in [6.45, 7) is 0.345. The summed E-state index contributed by atoms with van der Waals surface area (Å²) in [6, 6.07) is 0. The van der Waals surface area contributed by atoms with Gasteiger partial charge in [0.25, 0.3) is 0 Å². The van der Waals surface area contributed by atoms with Crippen LogP contribution >= 0.6 is 0 Å². The highest BCUT2D eigenvalue weighted by molar-refractivity contribution is 7.82. The minimum absolute atomic E-state index is 0.00458. The van der Waals surface area contributed by atoms with Crippen molar-refractivity contribution in [3.8, 4) is 0 Å². The number of hydrogen-bond acceptors (Lipinski definition) is 3. The molecule has 2 rings (SSSR count). The zero-order valence-electron chi connectivity index (χ0n) is 7.69. The summed E-state index contributed by atoms with van der Waals surface area (Å²) in [5.74, 6) is 0.902. The van der Waals surface area contributed by atoms with Crippen molar-refractivity contribution in [1.29, 1.82) is 0 Å². The lowest BCUT2D eigenvalue weighted by atomic mass is 10.1. The Balaban J connectivity index is 2.23. The van der Waals surface area contributed by atoms with E-state index in [0.717, 1.165) is 5.76 Å². The van der Waals surface area contributed by atoms with Crippen LogP contribution in [0.5, 0.6) is 0 Å². The molecule has 2 atom stereocenters. The Bertz CT molecular complexity index is 260. The normalized spacial score (nSPS) is 31.8. The molecule has 4 heteroatoms. The summed E-state index contributed by atoms with van der Waals surface area (Å²) in [5, 5.41) is 0. The number of allylic oxidation sites excluding steroid dienone is 1. The molecule has 2 unspecified atom stereocenters. The van der Waals surface area contributed by atoms with E-state index in [1.165, 1.54) is 16.7 Å². The van der Waals surface area contributed by atoms with Crippen LogP contribution < -0.4 is 0 Å². The first-order valence-corrected chi connectivity index (χ1v) is 5.49. The molecule has 2 aliphatic rings. The summed E-state index contributed by atoms with van der Waals surface area (Å²) < 4.78 is 16.0. The first-order valence-electron chi connectivity index (χ1n) is 4.15. The van der Waals surface area contributed by atoms with Crippen molar-refractivity contribution in [1.82, 2.24) is 0 Å². The lowest BCUT2D eigenvalue weighted by Crippen LogP contribution is -2.29. The predicted octanol–water partition coefficient (Wildman–Crippen LogP) is 0.600. The van der Waals surface area contributed by atoms with Gasteiger partial charge in [-0.2, -0.15) is 0 Å². The van der Waals surface area contributed by atoms with Crippen molar-refractivity contribution in [2.45, 2.75) is 12.2 Å². The van der Waals surface area contributed by atoms with Crippen LogP contribution in [0.25, 0.3) is 0 Å². The van der Waals surface area contributed by atoms with Crippen LogP contribution in [0.15, 0.2) is 22.8 Å². The molecular formula is C9H13O3S+. The molecule has 1 aliphatic heterocycles. The maximum Gasteiger partial charge on any atom is 0.189 e. The van der Waals surface area contributed by atoms with Gasteiger partial charge in [0, 0.05) is 31.0 Å². The average Bonchev–Trinajstić information content (AvgIpc) is 2.63. The number of thiol groups is 1. The number of rotatable bonds is 2. The van der Waals surface area contributed by atoms with E-state index in [2.05, 4.69) is 12.3 Å². The molecule has 0 aromatic carbocycles. The highest BCUT2D eigenvalue weighted by Gasteiger charge is 2.35. The number of methoxy groups -OCH3 is 1. The van der Waals surface area contributed by atoms with Crippen LogP contribution in [0.3, 0.4) is 0 Å². The van der Waals surface area contributed by atoms with Crippen molar-refractivity contribution in [3.05, 3.63) is 22.8 Å². The van der Waals surface area contributed by atoms with Crippen LogP contribution in [0.4, 0.5) is 0 Å². The Hall–Kier alpha value is -0.450. The Kier molecular flexibility index (Phi) is 2.62. The van der Waals surface area contributed by atoms with E-state index in [1.54, 1.807) is 7.11 Å². The van der Waals surface area contributed by atoms with E-state index in [0.29, 0.717) is 6.79 Å². The first kappa shape index (κ1) is 9.12. The second-order valence-electron chi connectivity index (χ2n) is 2.91. The molecule has 0 spiro atoms. The summed E-state index contributed by atoms with van der Waals surface area (Å²) in [6.07, 6.45) is 6.19. The maximum atomic E-state index is 5.39. The van der Waals surface area contributed by atoms with Crippen molar-refractivity contribution in [2.75, 3.05) is 20.2 Å². The van der Waals surface area contributed by atoms with E-state index >= 15 is 0 Å². The van der Waals surface area contributed by atoms with Gasteiger partial charge in [-0.05, 0) is 0 Å². The van der Waals surface area contributed by atoms with Gasteiger partial charge in [-0.25, -0.2) is 0 Å². The molecule has 1 saturated heterocycles. The maximum absolute atomic E-state index is 5.39. The standard InChI is InChI=1S/C9H12O3S/c1-10-7-3-6(13-2)4-8-9(7)12-5-11-8/h3-4,7,9H,5H2,1-2H3/p+1. The van der Waals surface area contributed by atoms with E-state index in [-0.39, 0.29) is 12.2 Å². The smallest absolute Gasteiger partial charge is 0.189 e. The fourth-order valence-corrected chi connectivity index (χ4v) is 2.05. The molecule has 0 aromatic rings. The lowest BCUT2D eigenvalue weighted by Gasteiger charge is -2.19. The molecule has 13 heavy (non-hydrogen) atoms. The molecule has 0 aromatic heterocycles. The molecule has 1 fully saturated rings. The summed E-state index contributed by atoms with van der Waals surface area (Å²) in [5.41, 5.74) is 0.